The number of aryl methyl sites for hydroxylation is 1. The highest BCUT2D eigenvalue weighted by Gasteiger charge is 2.22. The van der Waals surface area contributed by atoms with Crippen molar-refractivity contribution in [1.82, 2.24) is 0 Å². The van der Waals surface area contributed by atoms with E-state index < -0.39 is 12.2 Å². The molecule has 3 aromatic rings. The fourth-order valence-electron chi connectivity index (χ4n) is 4.96. The molecule has 0 fully saturated rings. The molecule has 0 saturated heterocycles. The molecule has 2 unspecified atom stereocenters. The molecule has 0 saturated carbocycles. The van der Waals surface area contributed by atoms with Gasteiger partial charge in [-0.25, -0.2) is 0 Å². The van der Waals surface area contributed by atoms with Crippen LogP contribution in [0.4, 0.5) is 0 Å². The first-order chi connectivity index (χ1) is 22.4. The number of benzene rings is 3. The van der Waals surface area contributed by atoms with Crippen LogP contribution >= 0.6 is 0 Å². The van der Waals surface area contributed by atoms with Crippen molar-refractivity contribution in [2.75, 3.05) is 39.6 Å². The SMILES string of the molecule is C=CCOCC(COc1c2ccccc2c(OCC(COCC=C)OC(=O)CCCC)c2cc(CC)ccc12)OC(=O)CCCC. The van der Waals surface area contributed by atoms with E-state index in [4.69, 9.17) is 28.4 Å². The third-order valence-corrected chi connectivity index (χ3v) is 7.37. The van der Waals surface area contributed by atoms with E-state index in [0.717, 1.165) is 59.2 Å². The molecule has 0 aliphatic rings. The second kappa shape index (κ2) is 20.3. The van der Waals surface area contributed by atoms with Gasteiger partial charge in [0.25, 0.3) is 0 Å². The summed E-state index contributed by atoms with van der Waals surface area (Å²) in [5.74, 6) is 0.788. The molecule has 3 rings (SSSR count). The molecule has 0 aliphatic carbocycles. The first-order valence-electron chi connectivity index (χ1n) is 16.4. The van der Waals surface area contributed by atoms with Gasteiger partial charge in [0.1, 0.15) is 24.7 Å². The van der Waals surface area contributed by atoms with Crippen LogP contribution in [0.2, 0.25) is 0 Å². The molecule has 0 radical (unpaired) electrons. The summed E-state index contributed by atoms with van der Waals surface area (Å²) in [5, 5.41) is 3.42. The highest BCUT2D eigenvalue weighted by Crippen LogP contribution is 2.43. The van der Waals surface area contributed by atoms with Crippen LogP contribution in [0.15, 0.2) is 67.8 Å². The zero-order chi connectivity index (χ0) is 33.1. The van der Waals surface area contributed by atoms with Crippen LogP contribution < -0.4 is 9.47 Å². The molecule has 2 atom stereocenters. The molecule has 0 amide bonds. The smallest absolute Gasteiger partial charge is 0.306 e. The van der Waals surface area contributed by atoms with Crippen molar-refractivity contribution in [3.63, 3.8) is 0 Å². The van der Waals surface area contributed by atoms with Crippen molar-refractivity contribution in [3.05, 3.63) is 73.3 Å². The number of esters is 2. The van der Waals surface area contributed by atoms with Crippen LogP contribution in [0.25, 0.3) is 21.5 Å². The van der Waals surface area contributed by atoms with Crippen LogP contribution in [-0.2, 0) is 35.0 Å². The summed E-state index contributed by atoms with van der Waals surface area (Å²) in [6.45, 7) is 14.9. The van der Waals surface area contributed by atoms with Gasteiger partial charge in [-0.05, 0) is 30.9 Å². The van der Waals surface area contributed by atoms with Gasteiger partial charge in [0.15, 0.2) is 12.2 Å². The summed E-state index contributed by atoms with van der Waals surface area (Å²) in [6.07, 6.45) is 6.98. The number of rotatable bonds is 23. The molecule has 0 spiro atoms. The van der Waals surface area contributed by atoms with E-state index in [1.165, 1.54) is 0 Å². The zero-order valence-electron chi connectivity index (χ0n) is 27.7. The van der Waals surface area contributed by atoms with Gasteiger partial charge in [0.05, 0.1) is 26.4 Å². The summed E-state index contributed by atoms with van der Waals surface area (Å²) in [5.41, 5.74) is 1.14. The number of carbonyl (C=O) groups excluding carboxylic acids is 2. The molecule has 0 bridgehead atoms. The quantitative estimate of drug-likeness (QED) is 0.0450. The van der Waals surface area contributed by atoms with E-state index in [1.807, 2.05) is 44.2 Å². The Labute approximate surface area is 273 Å². The van der Waals surface area contributed by atoms with Crippen LogP contribution in [-0.4, -0.2) is 63.8 Å². The summed E-state index contributed by atoms with van der Waals surface area (Å²) in [6, 6.07) is 14.1. The maximum atomic E-state index is 12.5. The van der Waals surface area contributed by atoms with Gasteiger partial charge in [-0.2, -0.15) is 0 Å². The number of ether oxygens (including phenoxy) is 6. The summed E-state index contributed by atoms with van der Waals surface area (Å²) < 4.78 is 35.9. The average molecular weight is 635 g/mol. The standard InChI is InChI=1S/C38H50O8/c1-6-11-17-35(39)45-29(24-41-21-8-3)26-43-37-31-15-13-14-16-32(31)38(34-23-28(10-5)19-20-33(34)37)44-27-30(25-42-22-9-4)46-36(40)18-12-7-2/h8-9,13-16,19-20,23,29-30H,3-4,6-7,10-12,17-18,21-22,24-27H2,1-2,5H3. The Bertz CT molecular complexity index is 1410. The van der Waals surface area contributed by atoms with Gasteiger partial charge in [-0.15, -0.1) is 13.2 Å². The maximum absolute atomic E-state index is 12.5. The molecule has 8 nitrogen and oxygen atoms in total. The Morgan fingerprint density at radius 3 is 1.61 bits per heavy atom. The molecule has 3 aromatic carbocycles. The molecule has 0 aliphatic heterocycles. The second-order valence-corrected chi connectivity index (χ2v) is 11.1. The van der Waals surface area contributed by atoms with Gasteiger partial charge >= 0.3 is 11.9 Å². The fraction of sp³-hybridized carbons (Fsp3) is 0.474. The van der Waals surface area contributed by atoms with Crippen LogP contribution in [0.5, 0.6) is 11.5 Å². The Morgan fingerprint density at radius 2 is 1.15 bits per heavy atom. The molecular weight excluding hydrogens is 584 g/mol. The monoisotopic (exact) mass is 634 g/mol. The van der Waals surface area contributed by atoms with Crippen molar-refractivity contribution in [2.45, 2.75) is 77.9 Å². The van der Waals surface area contributed by atoms with E-state index in [1.54, 1.807) is 12.2 Å². The Kier molecular flexibility index (Phi) is 16.1. The minimum atomic E-state index is -0.595. The van der Waals surface area contributed by atoms with E-state index >= 15 is 0 Å². The largest absolute Gasteiger partial charge is 0.488 e. The lowest BCUT2D eigenvalue weighted by atomic mass is 9.98. The van der Waals surface area contributed by atoms with Crippen molar-refractivity contribution < 1.29 is 38.0 Å². The van der Waals surface area contributed by atoms with Crippen molar-refractivity contribution in [1.29, 1.82) is 0 Å². The first kappa shape index (κ1) is 36.6. The van der Waals surface area contributed by atoms with Gasteiger partial charge in [0.2, 0.25) is 0 Å². The van der Waals surface area contributed by atoms with E-state index in [0.29, 0.717) is 37.6 Å². The number of fused-ring (bicyclic) bond motifs is 2. The predicted octanol–water partition coefficient (Wildman–Crippen LogP) is 7.92. The lowest BCUT2D eigenvalue weighted by molar-refractivity contribution is -0.154. The Balaban J connectivity index is 1.98. The number of unbranched alkanes of at least 4 members (excludes halogenated alkanes) is 2. The number of hydrogen-bond donors (Lipinski definition) is 0. The van der Waals surface area contributed by atoms with Gasteiger partial charge in [-0.3, -0.25) is 9.59 Å². The zero-order valence-corrected chi connectivity index (χ0v) is 27.7. The van der Waals surface area contributed by atoms with Gasteiger partial charge < -0.3 is 28.4 Å². The van der Waals surface area contributed by atoms with Crippen molar-refractivity contribution in [2.24, 2.45) is 0 Å². The highest BCUT2D eigenvalue weighted by atomic mass is 16.6. The minimum absolute atomic E-state index is 0.111. The van der Waals surface area contributed by atoms with E-state index in [-0.39, 0.29) is 38.4 Å². The fourth-order valence-corrected chi connectivity index (χ4v) is 4.96. The Morgan fingerprint density at radius 1 is 0.674 bits per heavy atom. The maximum Gasteiger partial charge on any atom is 0.306 e. The first-order valence-corrected chi connectivity index (χ1v) is 16.4. The molecule has 8 heteroatoms. The van der Waals surface area contributed by atoms with Crippen molar-refractivity contribution in [3.8, 4) is 11.5 Å². The van der Waals surface area contributed by atoms with Crippen LogP contribution in [0.3, 0.4) is 0 Å². The van der Waals surface area contributed by atoms with Gasteiger partial charge in [-0.1, -0.05) is 82.2 Å². The average Bonchev–Trinajstić information content (AvgIpc) is 3.07. The molecular formula is C38H50O8. The summed E-state index contributed by atoms with van der Waals surface area (Å²) in [4.78, 5) is 25.0. The molecule has 0 heterocycles. The lowest BCUT2D eigenvalue weighted by Crippen LogP contribution is -2.30. The molecule has 0 N–H and O–H groups in total. The van der Waals surface area contributed by atoms with Crippen LogP contribution in [0, 0.1) is 0 Å². The number of carbonyl (C=O) groups is 2. The topological polar surface area (TPSA) is 89.5 Å². The second-order valence-electron chi connectivity index (χ2n) is 11.1. The minimum Gasteiger partial charge on any atom is -0.488 e. The molecule has 0 aromatic heterocycles. The van der Waals surface area contributed by atoms with Crippen LogP contribution in [0.1, 0.15) is 64.9 Å². The molecule has 250 valence electrons. The Hall–Kier alpha value is -3.88. The third-order valence-electron chi connectivity index (χ3n) is 7.37. The summed E-state index contributed by atoms with van der Waals surface area (Å²) >= 11 is 0. The van der Waals surface area contributed by atoms with Crippen molar-refractivity contribution >= 4 is 33.5 Å². The van der Waals surface area contributed by atoms with E-state index in [2.05, 4.69) is 32.2 Å². The third kappa shape index (κ3) is 11.2. The number of hydrogen-bond acceptors (Lipinski definition) is 8. The highest BCUT2D eigenvalue weighted by molar-refractivity contribution is 6.11. The predicted molar refractivity (Wildman–Crippen MR) is 183 cm³/mol. The van der Waals surface area contributed by atoms with Gasteiger partial charge in [0, 0.05) is 34.4 Å². The van der Waals surface area contributed by atoms with E-state index in [9.17, 15) is 9.59 Å². The lowest BCUT2D eigenvalue weighted by Gasteiger charge is -2.23. The normalized spacial score (nSPS) is 12.4. The summed E-state index contributed by atoms with van der Waals surface area (Å²) in [7, 11) is 0. The molecule has 46 heavy (non-hydrogen) atoms.